The molecule has 0 aliphatic carbocycles. The summed E-state index contributed by atoms with van der Waals surface area (Å²) in [6.45, 7) is 1.36. The number of carbonyl (C=O) groups excluding carboxylic acids is 1. The predicted octanol–water partition coefficient (Wildman–Crippen LogP) is 1.41. The van der Waals surface area contributed by atoms with Crippen molar-refractivity contribution in [3.05, 3.63) is 34.3 Å². The van der Waals surface area contributed by atoms with Gasteiger partial charge in [-0.15, -0.1) is 0 Å². The van der Waals surface area contributed by atoms with Crippen molar-refractivity contribution in [2.24, 2.45) is 0 Å². The van der Waals surface area contributed by atoms with Gasteiger partial charge in [0.05, 0.1) is 17.5 Å². The zero-order valence-corrected chi connectivity index (χ0v) is 10.4. The number of hydrogen-bond donors (Lipinski definition) is 3. The number of aliphatic hydroxyl groups is 2. The number of carboxylic acids is 1. The Morgan fingerprint density at radius 2 is 1.94 bits per heavy atom. The van der Waals surface area contributed by atoms with Crippen molar-refractivity contribution in [2.75, 3.05) is 0 Å². The van der Waals surface area contributed by atoms with Crippen molar-refractivity contribution in [3.8, 4) is 0 Å². The molecule has 0 aliphatic rings. The van der Waals surface area contributed by atoms with Gasteiger partial charge in [-0.05, 0) is 24.6 Å². The Morgan fingerprint density at radius 3 is 2.39 bits per heavy atom. The van der Waals surface area contributed by atoms with Crippen LogP contribution in [0, 0.1) is 0 Å². The topological polar surface area (TPSA) is 94.8 Å². The number of ketones is 1. The van der Waals surface area contributed by atoms with Gasteiger partial charge in [0.1, 0.15) is 6.10 Å². The van der Waals surface area contributed by atoms with E-state index in [1.54, 1.807) is 0 Å². The highest BCUT2D eigenvalue weighted by Gasteiger charge is 2.22. The molecule has 0 aromatic heterocycles. The second kappa shape index (κ2) is 5.95. The first-order chi connectivity index (χ1) is 8.32. The summed E-state index contributed by atoms with van der Waals surface area (Å²) in [4.78, 5) is 21.6. The summed E-state index contributed by atoms with van der Waals surface area (Å²) in [7, 11) is 0. The highest BCUT2D eigenvalue weighted by Crippen LogP contribution is 2.25. The predicted molar refractivity (Wildman–Crippen MR) is 64.7 cm³/mol. The van der Waals surface area contributed by atoms with E-state index in [4.69, 9.17) is 16.7 Å². The molecule has 0 radical (unpaired) electrons. The molecule has 3 N–H and O–H groups in total. The fraction of sp³-hybridized carbons (Fsp3) is 0.333. The van der Waals surface area contributed by atoms with E-state index < -0.39 is 24.6 Å². The zero-order valence-electron chi connectivity index (χ0n) is 9.63. The van der Waals surface area contributed by atoms with Crippen LogP contribution in [-0.2, 0) is 4.79 Å². The average Bonchev–Trinajstić information content (AvgIpc) is 2.26. The van der Waals surface area contributed by atoms with Crippen LogP contribution in [0.1, 0.15) is 35.4 Å². The van der Waals surface area contributed by atoms with E-state index in [1.165, 1.54) is 25.1 Å². The SMILES string of the molecule is CC(=O)c1ccc(C(O)C(O)CC(=O)O)cc1Cl. The molecule has 5 nitrogen and oxygen atoms in total. The lowest BCUT2D eigenvalue weighted by Gasteiger charge is -2.17. The molecule has 2 unspecified atom stereocenters. The molecule has 0 spiro atoms. The van der Waals surface area contributed by atoms with Crippen LogP contribution in [-0.4, -0.2) is 33.2 Å². The van der Waals surface area contributed by atoms with Crippen molar-refractivity contribution in [3.63, 3.8) is 0 Å². The first kappa shape index (κ1) is 14.6. The molecule has 0 amide bonds. The van der Waals surface area contributed by atoms with Gasteiger partial charge in [-0.25, -0.2) is 0 Å². The minimum absolute atomic E-state index is 0.154. The molecule has 1 aromatic rings. The lowest BCUT2D eigenvalue weighted by Crippen LogP contribution is -2.21. The Bertz CT molecular complexity index is 472. The Balaban J connectivity index is 2.93. The third kappa shape index (κ3) is 3.53. The molecule has 0 heterocycles. The number of Topliss-reactive ketones (excluding diaryl/α,β-unsaturated/α-hetero) is 1. The van der Waals surface area contributed by atoms with E-state index in [0.717, 1.165) is 0 Å². The summed E-state index contributed by atoms with van der Waals surface area (Å²) >= 11 is 5.85. The van der Waals surface area contributed by atoms with Gasteiger partial charge in [-0.2, -0.15) is 0 Å². The first-order valence-corrected chi connectivity index (χ1v) is 5.59. The van der Waals surface area contributed by atoms with Gasteiger partial charge in [-0.1, -0.05) is 17.7 Å². The van der Waals surface area contributed by atoms with Gasteiger partial charge in [0.25, 0.3) is 0 Å². The van der Waals surface area contributed by atoms with Crippen LogP contribution < -0.4 is 0 Å². The molecule has 0 fully saturated rings. The molecule has 1 aromatic carbocycles. The van der Waals surface area contributed by atoms with Crippen LogP contribution in [0.4, 0.5) is 0 Å². The third-order valence-corrected chi connectivity index (χ3v) is 2.77. The maximum absolute atomic E-state index is 11.2. The summed E-state index contributed by atoms with van der Waals surface area (Å²) in [5.74, 6) is -1.43. The first-order valence-electron chi connectivity index (χ1n) is 5.21. The molecular formula is C12H13ClO5. The Labute approximate surface area is 109 Å². The quantitative estimate of drug-likeness (QED) is 0.705. The third-order valence-electron chi connectivity index (χ3n) is 2.46. The molecular weight excluding hydrogens is 260 g/mol. The lowest BCUT2D eigenvalue weighted by atomic mass is 10.00. The second-order valence-electron chi connectivity index (χ2n) is 3.91. The fourth-order valence-corrected chi connectivity index (χ4v) is 1.84. The van der Waals surface area contributed by atoms with Crippen molar-refractivity contribution in [1.82, 2.24) is 0 Å². The van der Waals surface area contributed by atoms with Gasteiger partial charge >= 0.3 is 5.97 Å². The Morgan fingerprint density at radius 1 is 1.33 bits per heavy atom. The minimum atomic E-state index is -1.43. The largest absolute Gasteiger partial charge is 0.481 e. The summed E-state index contributed by atoms with van der Waals surface area (Å²) in [5, 5.41) is 27.9. The maximum Gasteiger partial charge on any atom is 0.306 e. The highest BCUT2D eigenvalue weighted by molar-refractivity contribution is 6.33. The normalized spacial score (nSPS) is 14.0. The van der Waals surface area contributed by atoms with E-state index in [0.29, 0.717) is 5.56 Å². The number of aliphatic carboxylic acids is 1. The van der Waals surface area contributed by atoms with Crippen LogP contribution in [0.15, 0.2) is 18.2 Å². The summed E-state index contributed by atoms with van der Waals surface area (Å²) < 4.78 is 0. The zero-order chi connectivity index (χ0) is 13.9. The monoisotopic (exact) mass is 272 g/mol. The Hall–Kier alpha value is -1.43. The number of halogens is 1. The van der Waals surface area contributed by atoms with Crippen LogP contribution in [0.2, 0.25) is 5.02 Å². The van der Waals surface area contributed by atoms with Crippen LogP contribution in [0.3, 0.4) is 0 Å². The molecule has 0 saturated heterocycles. The number of aliphatic hydroxyl groups excluding tert-OH is 2. The molecule has 0 aliphatic heterocycles. The van der Waals surface area contributed by atoms with Crippen molar-refractivity contribution >= 4 is 23.4 Å². The number of carbonyl (C=O) groups is 2. The van der Waals surface area contributed by atoms with Crippen molar-refractivity contribution in [2.45, 2.75) is 25.6 Å². The minimum Gasteiger partial charge on any atom is -0.481 e. The molecule has 0 saturated carbocycles. The number of rotatable bonds is 5. The van der Waals surface area contributed by atoms with Crippen LogP contribution in [0.5, 0.6) is 0 Å². The van der Waals surface area contributed by atoms with Gasteiger partial charge < -0.3 is 15.3 Å². The van der Waals surface area contributed by atoms with E-state index in [2.05, 4.69) is 0 Å². The fourth-order valence-electron chi connectivity index (χ4n) is 1.51. The molecule has 6 heteroatoms. The van der Waals surface area contributed by atoms with Gasteiger partial charge in [0, 0.05) is 5.56 Å². The standard InChI is InChI=1S/C12H13ClO5/c1-6(14)8-3-2-7(4-9(8)13)12(18)10(15)5-11(16)17/h2-4,10,12,15,18H,5H2,1H3,(H,16,17). The van der Waals surface area contributed by atoms with Crippen LogP contribution in [0.25, 0.3) is 0 Å². The maximum atomic E-state index is 11.2. The second-order valence-corrected chi connectivity index (χ2v) is 4.31. The average molecular weight is 273 g/mol. The highest BCUT2D eigenvalue weighted by atomic mass is 35.5. The Kier molecular flexibility index (Phi) is 4.84. The number of carboxylic acid groups (broad SMARTS) is 1. The lowest BCUT2D eigenvalue weighted by molar-refractivity contribution is -0.141. The van der Waals surface area contributed by atoms with Gasteiger partial charge in [0.15, 0.2) is 5.78 Å². The van der Waals surface area contributed by atoms with E-state index in [1.807, 2.05) is 0 Å². The number of hydrogen-bond acceptors (Lipinski definition) is 4. The molecule has 18 heavy (non-hydrogen) atoms. The van der Waals surface area contributed by atoms with E-state index in [-0.39, 0.29) is 16.4 Å². The van der Waals surface area contributed by atoms with Crippen molar-refractivity contribution in [1.29, 1.82) is 0 Å². The summed E-state index contributed by atoms with van der Waals surface area (Å²) in [5.41, 5.74) is 0.569. The molecule has 2 atom stereocenters. The van der Waals surface area contributed by atoms with Crippen LogP contribution >= 0.6 is 11.6 Å². The summed E-state index contributed by atoms with van der Waals surface area (Å²) in [6.07, 6.45) is -3.37. The van der Waals surface area contributed by atoms with Gasteiger partial charge in [-0.3, -0.25) is 9.59 Å². The van der Waals surface area contributed by atoms with E-state index >= 15 is 0 Å². The van der Waals surface area contributed by atoms with Gasteiger partial charge in [0.2, 0.25) is 0 Å². The molecule has 1 rings (SSSR count). The summed E-state index contributed by atoms with van der Waals surface area (Å²) in [6, 6.07) is 4.20. The number of benzene rings is 1. The van der Waals surface area contributed by atoms with Crippen molar-refractivity contribution < 1.29 is 24.9 Å². The smallest absolute Gasteiger partial charge is 0.306 e. The molecule has 98 valence electrons. The van der Waals surface area contributed by atoms with E-state index in [9.17, 15) is 19.8 Å². The molecule has 0 bridgehead atoms.